The summed E-state index contributed by atoms with van der Waals surface area (Å²) in [6, 6.07) is 4.82. The molecule has 0 saturated heterocycles. The van der Waals surface area contributed by atoms with E-state index in [1.807, 2.05) is 20.8 Å². The van der Waals surface area contributed by atoms with Gasteiger partial charge in [-0.1, -0.05) is 13.0 Å². The molecule has 0 aliphatic carbocycles. The molecule has 0 aromatic carbocycles. The average Bonchev–Trinajstić information content (AvgIpc) is 3.28. The van der Waals surface area contributed by atoms with E-state index in [2.05, 4.69) is 15.1 Å². The molecule has 0 fully saturated rings. The second kappa shape index (κ2) is 7.69. The van der Waals surface area contributed by atoms with Crippen LogP contribution in [0.5, 0.6) is 0 Å². The molecule has 0 bridgehead atoms. The lowest BCUT2D eigenvalue weighted by molar-refractivity contribution is 0.201. The van der Waals surface area contributed by atoms with Crippen molar-refractivity contribution in [1.29, 1.82) is 0 Å². The number of fused-ring (bicyclic) bond motifs is 1. The number of hydrogen-bond acceptors (Lipinski definition) is 7. The van der Waals surface area contributed by atoms with Crippen molar-refractivity contribution >= 4 is 33.3 Å². The van der Waals surface area contributed by atoms with Gasteiger partial charge < -0.3 is 4.90 Å². The number of carbonyl (C=O) groups excluding carboxylic acids is 1. The monoisotopic (exact) mass is 408 g/mol. The van der Waals surface area contributed by atoms with Crippen molar-refractivity contribution in [3.8, 4) is 0 Å². The van der Waals surface area contributed by atoms with Crippen molar-refractivity contribution in [2.75, 3.05) is 18.8 Å². The van der Waals surface area contributed by atoms with Crippen LogP contribution in [0, 0.1) is 0 Å². The number of rotatable bonds is 6. The number of imidazole rings is 1. The van der Waals surface area contributed by atoms with Crippen LogP contribution in [0.15, 0.2) is 45.9 Å². The van der Waals surface area contributed by atoms with E-state index in [9.17, 15) is 13.2 Å². The van der Waals surface area contributed by atoms with Crippen LogP contribution in [0.1, 0.15) is 20.8 Å². The van der Waals surface area contributed by atoms with Crippen LogP contribution in [0.25, 0.3) is 5.65 Å². The van der Waals surface area contributed by atoms with E-state index in [4.69, 9.17) is 0 Å². The smallest absolute Gasteiger partial charge is 0.323 e. The summed E-state index contributed by atoms with van der Waals surface area (Å²) in [7, 11) is -4.06. The molecule has 0 saturated carbocycles. The van der Waals surface area contributed by atoms with Crippen molar-refractivity contribution in [1.82, 2.24) is 29.0 Å². The molecule has 0 unspecified atom stereocenters. The fourth-order valence-corrected chi connectivity index (χ4v) is 5.02. The van der Waals surface area contributed by atoms with E-state index < -0.39 is 21.0 Å². The quantitative estimate of drug-likeness (QED) is 0.576. The zero-order valence-electron chi connectivity index (χ0n) is 15.2. The number of hydrogen-bond donors (Lipinski definition) is 0. The van der Waals surface area contributed by atoms with Gasteiger partial charge in [0.1, 0.15) is 17.0 Å². The van der Waals surface area contributed by atoms with Crippen molar-refractivity contribution in [3.63, 3.8) is 0 Å². The van der Waals surface area contributed by atoms with Gasteiger partial charge in [-0.05, 0) is 31.7 Å². The number of aromatic nitrogens is 5. The van der Waals surface area contributed by atoms with Gasteiger partial charge in [0.2, 0.25) is 0 Å². The number of sulfone groups is 1. The minimum Gasteiger partial charge on any atom is -0.323 e. The second-order valence-corrected chi connectivity index (χ2v) is 8.53. The molecular formula is C16H20N6O3S2. The molecule has 3 aromatic rings. The minimum atomic E-state index is -4.06. The summed E-state index contributed by atoms with van der Waals surface area (Å²) in [5.41, 5.74) is 0.519. The van der Waals surface area contributed by atoms with Crippen LogP contribution in [0.2, 0.25) is 0 Å². The molecule has 0 aliphatic rings. The number of nitrogens with zero attached hydrogens (tertiary/aromatic N) is 6. The first-order valence-electron chi connectivity index (χ1n) is 8.49. The first-order valence-corrected chi connectivity index (χ1v) is 11.0. The highest BCUT2D eigenvalue weighted by Crippen LogP contribution is 2.30. The van der Waals surface area contributed by atoms with Crippen molar-refractivity contribution in [2.45, 2.75) is 36.0 Å². The van der Waals surface area contributed by atoms with E-state index in [0.717, 1.165) is 11.0 Å². The Hall–Kier alpha value is -2.40. The standard InChI is InChI=1S/C16H20N6O3S2/c1-4-20(5-2)16(23)22-11-17-15(19-22)27(24,25)14-13(26-6-3)18-12-9-7-8-10-21(12)14/h7-11H,4-6H2,1-3H3. The van der Waals surface area contributed by atoms with Crippen molar-refractivity contribution in [3.05, 3.63) is 30.7 Å². The van der Waals surface area contributed by atoms with Crippen LogP contribution >= 0.6 is 11.8 Å². The Morgan fingerprint density at radius 3 is 2.63 bits per heavy atom. The molecule has 144 valence electrons. The first-order chi connectivity index (χ1) is 12.9. The maximum Gasteiger partial charge on any atom is 0.346 e. The molecule has 27 heavy (non-hydrogen) atoms. The number of carbonyl (C=O) groups is 1. The molecule has 11 heteroatoms. The summed E-state index contributed by atoms with van der Waals surface area (Å²) in [5, 5.41) is 3.91. The lowest BCUT2D eigenvalue weighted by Crippen LogP contribution is -2.34. The molecule has 3 aromatic heterocycles. The Morgan fingerprint density at radius 2 is 1.96 bits per heavy atom. The third-order valence-corrected chi connectivity index (χ3v) is 6.48. The summed E-state index contributed by atoms with van der Waals surface area (Å²) in [5.74, 6) is 0.661. The molecule has 0 spiro atoms. The highest BCUT2D eigenvalue weighted by Gasteiger charge is 2.31. The van der Waals surface area contributed by atoms with Crippen LogP contribution in [-0.2, 0) is 9.84 Å². The van der Waals surface area contributed by atoms with Crippen LogP contribution < -0.4 is 0 Å². The van der Waals surface area contributed by atoms with Gasteiger partial charge in [0, 0.05) is 19.3 Å². The van der Waals surface area contributed by atoms with E-state index in [-0.39, 0.29) is 5.03 Å². The van der Waals surface area contributed by atoms with Gasteiger partial charge in [0.05, 0.1) is 0 Å². The summed E-state index contributed by atoms with van der Waals surface area (Å²) >= 11 is 1.33. The fraction of sp³-hybridized carbons (Fsp3) is 0.375. The third kappa shape index (κ3) is 3.44. The van der Waals surface area contributed by atoms with E-state index in [1.54, 1.807) is 24.4 Å². The van der Waals surface area contributed by atoms with Gasteiger partial charge in [0.25, 0.3) is 15.0 Å². The Morgan fingerprint density at radius 1 is 1.22 bits per heavy atom. The van der Waals surface area contributed by atoms with Crippen LogP contribution in [0.4, 0.5) is 4.79 Å². The molecular weight excluding hydrogens is 388 g/mol. The normalized spacial score (nSPS) is 11.8. The second-order valence-electron chi connectivity index (χ2n) is 5.51. The molecule has 1 amide bonds. The van der Waals surface area contributed by atoms with Crippen molar-refractivity contribution in [2.24, 2.45) is 0 Å². The number of pyridine rings is 1. The maximum atomic E-state index is 13.2. The molecule has 0 N–H and O–H groups in total. The van der Waals surface area contributed by atoms with Crippen molar-refractivity contribution < 1.29 is 13.2 Å². The summed E-state index contributed by atoms with van der Waals surface area (Å²) in [6.45, 7) is 6.57. The lowest BCUT2D eigenvalue weighted by atomic mass is 10.5. The van der Waals surface area contributed by atoms with E-state index in [1.165, 1.54) is 21.1 Å². The zero-order chi connectivity index (χ0) is 19.6. The highest BCUT2D eigenvalue weighted by atomic mass is 32.2. The maximum absolute atomic E-state index is 13.2. The topological polar surface area (TPSA) is 102 Å². The van der Waals surface area contributed by atoms with Crippen LogP contribution in [0.3, 0.4) is 0 Å². The molecule has 3 rings (SSSR count). The Bertz CT molecular complexity index is 1070. The van der Waals surface area contributed by atoms with Crippen LogP contribution in [-0.4, -0.2) is 62.3 Å². The van der Waals surface area contributed by atoms with Gasteiger partial charge >= 0.3 is 6.03 Å². The lowest BCUT2D eigenvalue weighted by Gasteiger charge is -2.17. The molecule has 3 heterocycles. The third-order valence-electron chi connectivity index (χ3n) is 3.93. The Kier molecular flexibility index (Phi) is 5.51. The average molecular weight is 409 g/mol. The molecule has 0 radical (unpaired) electrons. The summed E-state index contributed by atoms with van der Waals surface area (Å²) in [4.78, 5) is 22.2. The van der Waals surface area contributed by atoms with Gasteiger partial charge in [-0.15, -0.1) is 16.9 Å². The van der Waals surface area contributed by atoms with E-state index >= 15 is 0 Å². The van der Waals surface area contributed by atoms with E-state index in [0.29, 0.717) is 29.5 Å². The highest BCUT2D eigenvalue weighted by molar-refractivity contribution is 8.00. The predicted octanol–water partition coefficient (Wildman–Crippen LogP) is 2.18. The largest absolute Gasteiger partial charge is 0.346 e. The fourth-order valence-electron chi connectivity index (χ4n) is 2.62. The zero-order valence-corrected chi connectivity index (χ0v) is 16.9. The van der Waals surface area contributed by atoms with Gasteiger partial charge in [-0.2, -0.15) is 4.68 Å². The predicted molar refractivity (Wildman–Crippen MR) is 101 cm³/mol. The minimum absolute atomic E-state index is 0.0120. The molecule has 0 atom stereocenters. The SMILES string of the molecule is CCSc1nc2ccccn2c1S(=O)(=O)c1ncn(C(=O)N(CC)CC)n1. The van der Waals surface area contributed by atoms with Gasteiger partial charge in [0.15, 0.2) is 5.03 Å². The van der Waals surface area contributed by atoms with Gasteiger partial charge in [-0.25, -0.2) is 23.2 Å². The Balaban J connectivity index is 2.09. The number of amides is 1. The molecule has 0 aliphatic heterocycles. The summed E-state index contributed by atoms with van der Waals surface area (Å²) in [6.07, 6.45) is 2.76. The first kappa shape index (κ1) is 19.4. The molecule has 9 nitrogen and oxygen atoms in total. The van der Waals surface area contributed by atoms with Gasteiger partial charge in [-0.3, -0.25) is 4.40 Å². The summed E-state index contributed by atoms with van der Waals surface area (Å²) < 4.78 is 28.9. The Labute approximate surface area is 161 Å². The number of thioether (sulfide) groups is 1.